The van der Waals surface area contributed by atoms with E-state index < -0.39 is 0 Å². The molecule has 7 heteroatoms. The van der Waals surface area contributed by atoms with Gasteiger partial charge in [0.2, 0.25) is 0 Å². The van der Waals surface area contributed by atoms with E-state index in [0.29, 0.717) is 6.54 Å². The second-order valence-corrected chi connectivity index (χ2v) is 6.29. The highest BCUT2D eigenvalue weighted by Crippen LogP contribution is 2.31. The van der Waals surface area contributed by atoms with Gasteiger partial charge in [-0.25, -0.2) is 5.10 Å². The average molecular weight is 327 g/mol. The van der Waals surface area contributed by atoms with Crippen molar-refractivity contribution in [3.05, 3.63) is 57.8 Å². The highest BCUT2D eigenvalue weighted by atomic mass is 16.2. The van der Waals surface area contributed by atoms with Crippen LogP contribution in [0.3, 0.4) is 0 Å². The van der Waals surface area contributed by atoms with Gasteiger partial charge in [-0.2, -0.15) is 5.10 Å². The molecule has 1 fully saturated rings. The lowest BCUT2D eigenvalue weighted by Crippen LogP contribution is -2.32. The van der Waals surface area contributed by atoms with Gasteiger partial charge in [0.25, 0.3) is 11.5 Å². The molecular weight excluding hydrogens is 306 g/mol. The van der Waals surface area contributed by atoms with Gasteiger partial charge in [0.15, 0.2) is 0 Å². The predicted molar refractivity (Wildman–Crippen MR) is 89.5 cm³/mol. The fourth-order valence-electron chi connectivity index (χ4n) is 3.02. The van der Waals surface area contributed by atoms with Crippen LogP contribution in [0.25, 0.3) is 0 Å². The monoisotopic (exact) mass is 327 g/mol. The maximum atomic E-state index is 12.7. The van der Waals surface area contributed by atoms with Crippen molar-refractivity contribution < 1.29 is 4.79 Å². The van der Waals surface area contributed by atoms with Crippen LogP contribution in [0.1, 0.15) is 40.6 Å². The van der Waals surface area contributed by atoms with E-state index >= 15 is 0 Å². The van der Waals surface area contributed by atoms with Crippen LogP contribution in [0, 0.1) is 0 Å². The molecule has 0 saturated carbocycles. The number of likely N-dealkylation sites (tertiary alicyclic amines) is 1. The second-order valence-electron chi connectivity index (χ2n) is 6.29. The zero-order valence-corrected chi connectivity index (χ0v) is 13.9. The number of aromatic amines is 1. The number of hydrogen-bond donors (Lipinski definition) is 1. The third-order valence-corrected chi connectivity index (χ3v) is 4.10. The molecule has 2 aromatic rings. The van der Waals surface area contributed by atoms with Crippen molar-refractivity contribution in [3.63, 3.8) is 0 Å². The number of hydrogen-bond acceptors (Lipinski definition) is 5. The van der Waals surface area contributed by atoms with Crippen LogP contribution in [0.2, 0.25) is 0 Å². The number of aromatic nitrogens is 3. The van der Waals surface area contributed by atoms with E-state index in [1.54, 1.807) is 4.90 Å². The van der Waals surface area contributed by atoms with Crippen molar-refractivity contribution in [2.45, 2.75) is 25.4 Å². The van der Waals surface area contributed by atoms with Gasteiger partial charge in [-0.1, -0.05) is 6.07 Å². The molecule has 1 saturated heterocycles. The standard InChI is InChI=1S/C17H21N5O2/c1-21(2)11-12-5-6-13(18-10-12)15-4-3-9-22(15)17(24)14-7-8-16(23)20-19-14/h5-8,10,15H,3-4,9,11H2,1-2H3,(H,20,23)/t15-/m1/s1. The molecule has 0 aromatic carbocycles. The fraction of sp³-hybridized carbons (Fsp3) is 0.412. The van der Waals surface area contributed by atoms with Crippen molar-refractivity contribution in [1.82, 2.24) is 25.0 Å². The normalized spacial score (nSPS) is 17.5. The fourth-order valence-corrected chi connectivity index (χ4v) is 3.02. The maximum absolute atomic E-state index is 12.7. The summed E-state index contributed by atoms with van der Waals surface area (Å²) in [5.74, 6) is -0.173. The average Bonchev–Trinajstić information content (AvgIpc) is 3.04. The second kappa shape index (κ2) is 6.92. The van der Waals surface area contributed by atoms with Crippen LogP contribution in [-0.2, 0) is 6.54 Å². The molecule has 1 atom stereocenters. The summed E-state index contributed by atoms with van der Waals surface area (Å²) >= 11 is 0. The molecule has 2 aromatic heterocycles. The number of nitrogens with one attached hydrogen (secondary N) is 1. The van der Waals surface area contributed by atoms with Crippen LogP contribution in [0.5, 0.6) is 0 Å². The molecule has 0 spiro atoms. The van der Waals surface area contributed by atoms with E-state index in [-0.39, 0.29) is 23.2 Å². The molecule has 1 amide bonds. The Morgan fingerprint density at radius 3 is 2.79 bits per heavy atom. The Bertz CT molecular complexity index is 749. The highest BCUT2D eigenvalue weighted by molar-refractivity contribution is 5.92. The Hall–Kier alpha value is -2.54. The van der Waals surface area contributed by atoms with Crippen LogP contribution < -0.4 is 5.56 Å². The largest absolute Gasteiger partial charge is 0.329 e. The first-order chi connectivity index (χ1) is 11.5. The van der Waals surface area contributed by atoms with Crippen LogP contribution in [-0.4, -0.2) is 51.5 Å². The first kappa shape index (κ1) is 16.3. The third kappa shape index (κ3) is 3.51. The number of carbonyl (C=O) groups excluding carboxylic acids is 1. The van der Waals surface area contributed by atoms with E-state index in [9.17, 15) is 9.59 Å². The lowest BCUT2D eigenvalue weighted by Gasteiger charge is -2.24. The van der Waals surface area contributed by atoms with Crippen LogP contribution in [0.4, 0.5) is 0 Å². The minimum absolute atomic E-state index is 0.0420. The molecule has 1 aliphatic rings. The topological polar surface area (TPSA) is 82.2 Å². The van der Waals surface area contributed by atoms with Gasteiger partial charge in [-0.15, -0.1) is 0 Å². The summed E-state index contributed by atoms with van der Waals surface area (Å²) in [6.45, 7) is 1.51. The molecule has 3 rings (SSSR count). The van der Waals surface area contributed by atoms with Gasteiger partial charge in [-0.05, 0) is 44.6 Å². The van der Waals surface area contributed by atoms with E-state index in [2.05, 4.69) is 26.1 Å². The van der Waals surface area contributed by atoms with Gasteiger partial charge in [-0.3, -0.25) is 14.6 Å². The summed E-state index contributed by atoms with van der Waals surface area (Å²) < 4.78 is 0. The SMILES string of the molecule is CN(C)Cc1ccc([C@H]2CCCN2C(=O)c2ccc(=O)[nH]n2)nc1. The lowest BCUT2D eigenvalue weighted by atomic mass is 10.1. The third-order valence-electron chi connectivity index (χ3n) is 4.10. The molecule has 3 heterocycles. The lowest BCUT2D eigenvalue weighted by molar-refractivity contribution is 0.0725. The highest BCUT2D eigenvalue weighted by Gasteiger charge is 2.32. The number of nitrogens with zero attached hydrogens (tertiary/aromatic N) is 4. The van der Waals surface area contributed by atoms with E-state index in [1.807, 2.05) is 26.4 Å². The minimum atomic E-state index is -0.317. The summed E-state index contributed by atoms with van der Waals surface area (Å²) in [4.78, 5) is 32.2. The van der Waals surface area contributed by atoms with Crippen molar-refractivity contribution in [2.24, 2.45) is 0 Å². The zero-order chi connectivity index (χ0) is 17.1. The van der Waals surface area contributed by atoms with Crippen molar-refractivity contribution in [1.29, 1.82) is 0 Å². The Kier molecular flexibility index (Phi) is 4.71. The van der Waals surface area contributed by atoms with Gasteiger partial charge in [0.05, 0.1) is 11.7 Å². The first-order valence-corrected chi connectivity index (χ1v) is 8.01. The van der Waals surface area contributed by atoms with E-state index in [0.717, 1.165) is 30.6 Å². The van der Waals surface area contributed by atoms with Crippen molar-refractivity contribution in [3.8, 4) is 0 Å². The van der Waals surface area contributed by atoms with E-state index in [1.165, 1.54) is 12.1 Å². The Labute approximate surface area is 140 Å². The quantitative estimate of drug-likeness (QED) is 0.912. The molecule has 1 N–H and O–H groups in total. The van der Waals surface area contributed by atoms with Crippen molar-refractivity contribution >= 4 is 5.91 Å². The van der Waals surface area contributed by atoms with E-state index in [4.69, 9.17) is 0 Å². The summed E-state index contributed by atoms with van der Waals surface area (Å²) in [7, 11) is 4.03. The summed E-state index contributed by atoms with van der Waals surface area (Å²) in [5.41, 5.74) is 1.98. The molecule has 24 heavy (non-hydrogen) atoms. The molecule has 0 radical (unpaired) electrons. The van der Waals surface area contributed by atoms with Gasteiger partial charge in [0.1, 0.15) is 5.69 Å². The smallest absolute Gasteiger partial charge is 0.274 e. The van der Waals surface area contributed by atoms with Crippen LogP contribution >= 0.6 is 0 Å². The molecule has 7 nitrogen and oxygen atoms in total. The Morgan fingerprint density at radius 1 is 1.33 bits per heavy atom. The Balaban J connectivity index is 1.78. The summed E-state index contributed by atoms with van der Waals surface area (Å²) in [5, 5.41) is 6.15. The first-order valence-electron chi connectivity index (χ1n) is 8.01. The zero-order valence-electron chi connectivity index (χ0n) is 13.9. The van der Waals surface area contributed by atoms with Gasteiger partial charge >= 0.3 is 0 Å². The summed E-state index contributed by atoms with van der Waals surface area (Å²) in [6.07, 6.45) is 3.69. The van der Waals surface area contributed by atoms with Gasteiger partial charge in [0, 0.05) is 25.4 Å². The molecule has 0 bridgehead atoms. The van der Waals surface area contributed by atoms with Crippen molar-refractivity contribution in [2.75, 3.05) is 20.6 Å². The minimum Gasteiger partial charge on any atom is -0.329 e. The molecular formula is C17H21N5O2. The van der Waals surface area contributed by atoms with Crippen LogP contribution in [0.15, 0.2) is 35.3 Å². The summed E-state index contributed by atoms with van der Waals surface area (Å²) in [6, 6.07) is 6.79. The maximum Gasteiger partial charge on any atom is 0.274 e. The molecule has 126 valence electrons. The predicted octanol–water partition coefficient (Wildman–Crippen LogP) is 1.20. The van der Waals surface area contributed by atoms with Gasteiger partial charge < -0.3 is 9.80 Å². The number of carbonyl (C=O) groups is 1. The molecule has 0 unspecified atom stereocenters. The Morgan fingerprint density at radius 2 is 2.17 bits per heavy atom. The number of rotatable bonds is 4. The number of amides is 1. The molecule has 0 aliphatic carbocycles. The number of H-pyrrole nitrogens is 1. The molecule has 1 aliphatic heterocycles. The number of pyridine rings is 1.